The van der Waals surface area contributed by atoms with Crippen LogP contribution in [0, 0.1) is 11.8 Å². The van der Waals surface area contributed by atoms with E-state index in [1.54, 1.807) is 0 Å². The predicted molar refractivity (Wildman–Crippen MR) is 66.8 cm³/mol. The fourth-order valence-electron chi connectivity index (χ4n) is 2.35. The van der Waals surface area contributed by atoms with Crippen molar-refractivity contribution in [2.45, 2.75) is 32.1 Å². The minimum atomic E-state index is 0.991. The van der Waals surface area contributed by atoms with E-state index in [0.29, 0.717) is 0 Å². The second-order valence-electron chi connectivity index (χ2n) is 4.07. The van der Waals surface area contributed by atoms with Crippen molar-refractivity contribution in [1.82, 2.24) is 0 Å². The molecule has 0 unspecified atom stereocenters. The van der Waals surface area contributed by atoms with Gasteiger partial charge >= 0.3 is 0 Å². The van der Waals surface area contributed by atoms with E-state index in [1.807, 2.05) is 23.5 Å². The second-order valence-corrected chi connectivity index (χ2v) is 5.89. The molecule has 0 nitrogen and oxygen atoms in total. The molecule has 2 heteroatoms. The van der Waals surface area contributed by atoms with Gasteiger partial charge in [-0.15, -0.1) is 0 Å². The van der Waals surface area contributed by atoms with Crippen LogP contribution in [-0.2, 0) is 0 Å². The van der Waals surface area contributed by atoms with Crippen molar-refractivity contribution in [1.29, 1.82) is 0 Å². The van der Waals surface area contributed by atoms with Crippen LogP contribution in [0.5, 0.6) is 0 Å². The lowest BCUT2D eigenvalue weighted by Crippen LogP contribution is -2.22. The fraction of sp³-hybridized carbons (Fsp3) is 1.00. The Balaban J connectivity index is 2.32. The summed E-state index contributed by atoms with van der Waals surface area (Å²) in [5, 5.41) is 0. The van der Waals surface area contributed by atoms with Gasteiger partial charge in [-0.05, 0) is 35.9 Å². The summed E-state index contributed by atoms with van der Waals surface area (Å²) in [7, 11) is 0. The lowest BCUT2D eigenvalue weighted by Gasteiger charge is -2.29. The first kappa shape index (κ1) is 11.8. The quantitative estimate of drug-likeness (QED) is 0.686. The van der Waals surface area contributed by atoms with Gasteiger partial charge in [-0.3, -0.25) is 0 Å². The van der Waals surface area contributed by atoms with Crippen molar-refractivity contribution < 1.29 is 0 Å². The lowest BCUT2D eigenvalue weighted by atomic mass is 9.82. The molecule has 13 heavy (non-hydrogen) atoms. The largest absolute Gasteiger partial charge is 0.165 e. The first-order valence-electron chi connectivity index (χ1n) is 5.36. The molecule has 1 fully saturated rings. The SMILES string of the molecule is CSCC(CSC)C1CCCCC1. The van der Waals surface area contributed by atoms with E-state index in [-0.39, 0.29) is 0 Å². The van der Waals surface area contributed by atoms with Crippen LogP contribution in [0.15, 0.2) is 0 Å². The molecule has 1 aliphatic rings. The van der Waals surface area contributed by atoms with Crippen LogP contribution in [-0.4, -0.2) is 24.0 Å². The molecule has 0 aromatic heterocycles. The van der Waals surface area contributed by atoms with Crippen LogP contribution in [0.1, 0.15) is 32.1 Å². The van der Waals surface area contributed by atoms with Gasteiger partial charge in [-0.2, -0.15) is 23.5 Å². The molecule has 0 atom stereocenters. The van der Waals surface area contributed by atoms with E-state index in [0.717, 1.165) is 11.8 Å². The molecule has 0 spiro atoms. The Kier molecular flexibility index (Phi) is 6.39. The van der Waals surface area contributed by atoms with Crippen LogP contribution in [0.3, 0.4) is 0 Å². The Labute approximate surface area is 91.6 Å². The van der Waals surface area contributed by atoms with E-state index < -0.39 is 0 Å². The van der Waals surface area contributed by atoms with Gasteiger partial charge in [0, 0.05) is 0 Å². The zero-order valence-corrected chi connectivity index (χ0v) is 10.6. The molecule has 1 saturated carbocycles. The molecule has 0 radical (unpaired) electrons. The van der Waals surface area contributed by atoms with Gasteiger partial charge < -0.3 is 0 Å². The van der Waals surface area contributed by atoms with Crippen molar-refractivity contribution in [3.05, 3.63) is 0 Å². The predicted octanol–water partition coefficient (Wildman–Crippen LogP) is 3.91. The maximum absolute atomic E-state index is 2.25. The van der Waals surface area contributed by atoms with E-state index in [4.69, 9.17) is 0 Å². The van der Waals surface area contributed by atoms with Gasteiger partial charge in [0.15, 0.2) is 0 Å². The van der Waals surface area contributed by atoms with Crippen molar-refractivity contribution >= 4 is 23.5 Å². The number of hydrogen-bond acceptors (Lipinski definition) is 2. The van der Waals surface area contributed by atoms with E-state index in [1.165, 1.54) is 43.6 Å². The number of rotatable bonds is 5. The molecule has 0 aliphatic heterocycles. The summed E-state index contributed by atoms with van der Waals surface area (Å²) in [5.74, 6) is 4.80. The van der Waals surface area contributed by atoms with Gasteiger partial charge in [0.25, 0.3) is 0 Å². The molecule has 78 valence electrons. The van der Waals surface area contributed by atoms with Gasteiger partial charge in [0.1, 0.15) is 0 Å². The molecule has 0 amide bonds. The highest BCUT2D eigenvalue weighted by atomic mass is 32.2. The Bertz CT molecular complexity index is 113. The molecule has 0 aromatic carbocycles. The summed E-state index contributed by atoms with van der Waals surface area (Å²) in [6, 6.07) is 0. The lowest BCUT2D eigenvalue weighted by molar-refractivity contribution is 0.286. The Morgan fingerprint density at radius 3 is 2.00 bits per heavy atom. The molecule has 0 N–H and O–H groups in total. The van der Waals surface area contributed by atoms with Gasteiger partial charge in [-0.1, -0.05) is 32.1 Å². The third kappa shape index (κ3) is 4.16. The zero-order chi connectivity index (χ0) is 9.52. The smallest absolute Gasteiger partial charge is 0.00314 e. The van der Waals surface area contributed by atoms with Gasteiger partial charge in [0.2, 0.25) is 0 Å². The van der Waals surface area contributed by atoms with Crippen molar-refractivity contribution in [2.75, 3.05) is 24.0 Å². The van der Waals surface area contributed by atoms with Crippen LogP contribution < -0.4 is 0 Å². The normalized spacial score (nSPS) is 19.6. The first-order chi connectivity index (χ1) is 6.38. The van der Waals surface area contributed by atoms with E-state index in [2.05, 4.69) is 12.5 Å². The molecule has 0 bridgehead atoms. The zero-order valence-electron chi connectivity index (χ0n) is 8.92. The summed E-state index contributed by atoms with van der Waals surface area (Å²) >= 11 is 4.06. The number of hydrogen-bond donors (Lipinski definition) is 0. The average molecular weight is 218 g/mol. The Hall–Kier alpha value is 0.700. The number of thioether (sulfide) groups is 2. The molecular formula is C11H22S2. The monoisotopic (exact) mass is 218 g/mol. The summed E-state index contributed by atoms with van der Waals surface area (Å²) in [6.45, 7) is 0. The van der Waals surface area contributed by atoms with E-state index >= 15 is 0 Å². The topological polar surface area (TPSA) is 0 Å². The van der Waals surface area contributed by atoms with Crippen LogP contribution in [0.25, 0.3) is 0 Å². The highest BCUT2D eigenvalue weighted by molar-refractivity contribution is 7.99. The van der Waals surface area contributed by atoms with Crippen LogP contribution in [0.2, 0.25) is 0 Å². The highest BCUT2D eigenvalue weighted by Crippen LogP contribution is 2.32. The van der Waals surface area contributed by atoms with Crippen molar-refractivity contribution in [3.63, 3.8) is 0 Å². The van der Waals surface area contributed by atoms with Crippen LogP contribution in [0.4, 0.5) is 0 Å². The highest BCUT2D eigenvalue weighted by Gasteiger charge is 2.22. The molecule has 0 heterocycles. The summed E-state index contributed by atoms with van der Waals surface area (Å²) in [4.78, 5) is 0. The summed E-state index contributed by atoms with van der Waals surface area (Å²) in [5.41, 5.74) is 0. The van der Waals surface area contributed by atoms with E-state index in [9.17, 15) is 0 Å². The Morgan fingerprint density at radius 1 is 1.00 bits per heavy atom. The molecule has 1 aliphatic carbocycles. The maximum Gasteiger partial charge on any atom is -0.00314 e. The minimum absolute atomic E-state index is 0.991. The standard InChI is InChI=1S/C11H22S2/c1-12-8-11(9-13-2)10-6-4-3-5-7-10/h10-11H,3-9H2,1-2H3. The van der Waals surface area contributed by atoms with Gasteiger partial charge in [-0.25, -0.2) is 0 Å². The van der Waals surface area contributed by atoms with Crippen LogP contribution >= 0.6 is 23.5 Å². The summed E-state index contributed by atoms with van der Waals surface area (Å²) in [6.07, 6.45) is 12.0. The van der Waals surface area contributed by atoms with Crippen molar-refractivity contribution in [3.8, 4) is 0 Å². The first-order valence-corrected chi connectivity index (χ1v) is 8.15. The third-order valence-electron chi connectivity index (χ3n) is 3.08. The minimum Gasteiger partial charge on any atom is -0.165 e. The molecular weight excluding hydrogens is 196 g/mol. The molecule has 0 aromatic rings. The maximum atomic E-state index is 2.25. The average Bonchev–Trinajstić information content (AvgIpc) is 2.19. The third-order valence-corrected chi connectivity index (χ3v) is 4.60. The molecule has 0 saturated heterocycles. The van der Waals surface area contributed by atoms with Crippen molar-refractivity contribution in [2.24, 2.45) is 11.8 Å². The second kappa shape index (κ2) is 7.05. The Morgan fingerprint density at radius 2 is 1.54 bits per heavy atom. The fourth-order valence-corrected chi connectivity index (χ4v) is 4.14. The molecule has 1 rings (SSSR count). The van der Waals surface area contributed by atoms with Gasteiger partial charge in [0.05, 0.1) is 0 Å². The summed E-state index contributed by atoms with van der Waals surface area (Å²) < 4.78 is 0.